The largest absolute Gasteiger partial charge is 0.508 e. The van der Waals surface area contributed by atoms with Gasteiger partial charge in [0.05, 0.1) is 52.8 Å². The van der Waals surface area contributed by atoms with Gasteiger partial charge in [0.2, 0.25) is 0 Å². The van der Waals surface area contributed by atoms with Crippen LogP contribution in [-0.2, 0) is 42.7 Å². The normalized spacial score (nSPS) is 14.8. The van der Waals surface area contributed by atoms with E-state index in [-0.39, 0.29) is 16.2 Å². The minimum absolute atomic E-state index is 0.0978. The molecular formula is C89H78N6O7S4. The first kappa shape index (κ1) is 69.5. The first-order chi connectivity index (χ1) is 52.2. The third-order valence-electron chi connectivity index (χ3n) is 20.7. The Kier molecular flexibility index (Phi) is 20.9. The number of hydrogen-bond acceptors (Lipinski definition) is 16. The molecule has 0 atom stereocenters. The Hall–Kier alpha value is -10.8. The third-order valence-corrected chi connectivity index (χ3v) is 24.7. The van der Waals surface area contributed by atoms with Gasteiger partial charge < -0.3 is 28.8 Å². The van der Waals surface area contributed by atoms with Gasteiger partial charge in [0, 0.05) is 39.1 Å². The molecule has 17 heteroatoms. The van der Waals surface area contributed by atoms with Crippen LogP contribution in [0.25, 0.3) is 40.9 Å². The van der Waals surface area contributed by atoms with Crippen LogP contribution in [0, 0.1) is 0 Å². The van der Waals surface area contributed by atoms with Crippen molar-refractivity contribution in [1.82, 2.24) is 24.9 Å². The molecule has 5 aromatic heterocycles. The average Bonchev–Trinajstić information content (AvgIpc) is 1.53. The molecular weight excluding hydrogens is 1390 g/mol. The van der Waals surface area contributed by atoms with E-state index in [1.165, 1.54) is 62.0 Å². The van der Waals surface area contributed by atoms with E-state index >= 15 is 0 Å². The van der Waals surface area contributed by atoms with Gasteiger partial charge in [0.1, 0.15) is 81.0 Å². The van der Waals surface area contributed by atoms with E-state index < -0.39 is 6.09 Å². The van der Waals surface area contributed by atoms with Gasteiger partial charge in [-0.05, 0) is 170 Å². The van der Waals surface area contributed by atoms with Crippen LogP contribution in [0.2, 0.25) is 0 Å². The summed E-state index contributed by atoms with van der Waals surface area (Å²) in [5, 5.41) is 17.4. The first-order valence-electron chi connectivity index (χ1n) is 36.3. The number of phenolic OH excluding ortho intramolecular Hbond substituents is 1. The van der Waals surface area contributed by atoms with Crippen molar-refractivity contribution >= 4 is 98.0 Å². The number of pyridine rings is 1. The number of rotatable bonds is 20. The van der Waals surface area contributed by atoms with Crippen LogP contribution >= 0.6 is 45.3 Å². The number of fused-ring (bicyclic) bond motifs is 4. The second-order valence-electron chi connectivity index (χ2n) is 27.2. The fourth-order valence-corrected chi connectivity index (χ4v) is 19.2. The van der Waals surface area contributed by atoms with Gasteiger partial charge in [-0.15, -0.1) is 45.3 Å². The smallest absolute Gasteiger partial charge is 0.417 e. The van der Waals surface area contributed by atoms with Gasteiger partial charge in [-0.2, -0.15) is 0 Å². The molecule has 15 aromatic rings. The summed E-state index contributed by atoms with van der Waals surface area (Å²) in [4.78, 5) is 35.8. The highest BCUT2D eigenvalue weighted by Gasteiger charge is 2.43. The lowest BCUT2D eigenvalue weighted by molar-refractivity contribution is 0.214. The van der Waals surface area contributed by atoms with E-state index in [1.807, 2.05) is 97.1 Å². The van der Waals surface area contributed by atoms with Crippen LogP contribution in [0.1, 0.15) is 130 Å². The average molecular weight is 1470 g/mol. The highest BCUT2D eigenvalue weighted by atomic mass is 32.1. The van der Waals surface area contributed by atoms with E-state index in [4.69, 9.17) is 38.6 Å². The molecule has 0 bridgehead atoms. The summed E-state index contributed by atoms with van der Waals surface area (Å²) in [5.41, 5.74) is 11.1. The predicted molar refractivity (Wildman–Crippen MR) is 428 cm³/mol. The minimum atomic E-state index is -0.552. The Balaban J connectivity index is 0.000000123. The molecule has 5 heterocycles. The van der Waals surface area contributed by atoms with Crippen molar-refractivity contribution in [3.8, 4) is 34.5 Å². The summed E-state index contributed by atoms with van der Waals surface area (Å²) < 4.78 is 35.8. The van der Waals surface area contributed by atoms with Crippen molar-refractivity contribution in [2.24, 2.45) is 0 Å². The molecule has 0 spiro atoms. The maximum atomic E-state index is 12.9. The van der Waals surface area contributed by atoms with Gasteiger partial charge in [0.25, 0.3) is 0 Å². The minimum Gasteiger partial charge on any atom is -0.508 e. The molecule has 3 aliphatic carbocycles. The molecule has 3 saturated carbocycles. The molecule has 18 rings (SSSR count). The highest BCUT2D eigenvalue weighted by Crippen LogP contribution is 2.54. The first-order valence-corrected chi connectivity index (χ1v) is 39.5. The zero-order chi connectivity index (χ0) is 71.5. The Morgan fingerprint density at radius 3 is 1.09 bits per heavy atom. The number of ether oxygens (including phenoxy) is 5. The van der Waals surface area contributed by atoms with Gasteiger partial charge >= 0.3 is 6.09 Å². The van der Waals surface area contributed by atoms with Gasteiger partial charge in [-0.25, -0.2) is 24.7 Å². The van der Waals surface area contributed by atoms with Crippen LogP contribution < -0.4 is 29.0 Å². The number of benzene rings is 10. The Morgan fingerprint density at radius 1 is 0.368 bits per heavy atom. The number of phenols is 1. The molecule has 0 saturated heterocycles. The number of amides is 1. The standard InChI is InChI=1S/C33H28N2O2S2.C31H27N3O3S.C25H23NO2S/c1-2-10-23(11-3-1)33(18-8-9-19-33)25-20-24(36-21-31-34-26-12-4-6-14-29(26)38-31)16-17-28(25)37-22-32-35-27-13-5-7-15-30(27)39-32;35-30(33-23-11-8-18-32-20-23)37-27-15-14-24(36-21-29-34-26-12-4-5-13-28(26)38-29)19-25(27)31(16-6-7-17-31)22-9-2-1-3-10-22;27-22-13-12-19(28-17-24-26-21-10-4-5-11-23(21)29-24)16-20(22)25(14-6-7-15-25)18-8-2-1-3-9-18/h1-7,10-17,20H,8-9,18-19,21-22H2;1-5,8-15,18-20H,6-7,16-17,21H2,(H,33,35);1-5,8-13,16,27H,6-7,14-15,17H2. The van der Waals surface area contributed by atoms with Crippen molar-refractivity contribution in [3.05, 3.63) is 321 Å². The summed E-state index contributed by atoms with van der Waals surface area (Å²) in [5.74, 6) is 4.14. The summed E-state index contributed by atoms with van der Waals surface area (Å²) in [7, 11) is 0. The number of thiazole rings is 4. The third kappa shape index (κ3) is 15.3. The van der Waals surface area contributed by atoms with Gasteiger partial charge in [0.15, 0.2) is 0 Å². The molecule has 3 fully saturated rings. The number of hydrogen-bond donors (Lipinski definition) is 2. The molecule has 1 amide bonds. The number of carbonyl (C=O) groups excluding carboxylic acids is 1. The molecule has 0 radical (unpaired) electrons. The fourth-order valence-electron chi connectivity index (χ4n) is 15.7. The van der Waals surface area contributed by atoms with Crippen molar-refractivity contribution in [3.63, 3.8) is 0 Å². The number of aromatic hydroxyl groups is 1. The molecule has 530 valence electrons. The molecule has 0 unspecified atom stereocenters. The molecule has 10 aromatic carbocycles. The monoisotopic (exact) mass is 1470 g/mol. The fraction of sp³-hybridized carbons (Fsp3) is 0.213. The van der Waals surface area contributed by atoms with Crippen LogP contribution in [-0.4, -0.2) is 36.1 Å². The summed E-state index contributed by atoms with van der Waals surface area (Å²) in [6.07, 6.45) is 15.9. The summed E-state index contributed by atoms with van der Waals surface area (Å²) in [6.45, 7) is 1.70. The van der Waals surface area contributed by atoms with Gasteiger partial charge in [-0.1, -0.05) is 178 Å². The number of carbonyl (C=O) groups is 1. The summed E-state index contributed by atoms with van der Waals surface area (Å²) >= 11 is 6.68. The summed E-state index contributed by atoms with van der Waals surface area (Å²) in [6, 6.07) is 85.9. The lowest BCUT2D eigenvalue weighted by Crippen LogP contribution is -2.26. The maximum absolute atomic E-state index is 12.9. The van der Waals surface area contributed by atoms with Crippen LogP contribution in [0.4, 0.5) is 10.5 Å². The quantitative estimate of drug-likeness (QED) is 0.0745. The Bertz CT molecular complexity index is 5350. The lowest BCUT2D eigenvalue weighted by Gasteiger charge is -2.32. The van der Waals surface area contributed by atoms with E-state index in [0.29, 0.717) is 43.6 Å². The number of aromatic nitrogens is 5. The second kappa shape index (κ2) is 31.9. The topological polar surface area (TPSA) is 160 Å². The van der Waals surface area contributed by atoms with Gasteiger partial charge in [-0.3, -0.25) is 10.3 Å². The number of anilines is 1. The van der Waals surface area contributed by atoms with Crippen molar-refractivity contribution in [2.75, 3.05) is 5.32 Å². The Labute approximate surface area is 632 Å². The van der Waals surface area contributed by atoms with Crippen LogP contribution in [0.3, 0.4) is 0 Å². The number of nitrogens with zero attached hydrogens (tertiary/aromatic N) is 5. The second-order valence-corrected chi connectivity index (χ2v) is 31.6. The van der Waals surface area contributed by atoms with Crippen molar-refractivity contribution in [1.29, 1.82) is 0 Å². The number of para-hydroxylation sites is 4. The lowest BCUT2D eigenvalue weighted by atomic mass is 9.72. The van der Waals surface area contributed by atoms with Crippen LogP contribution in [0.15, 0.2) is 267 Å². The van der Waals surface area contributed by atoms with Crippen molar-refractivity contribution in [2.45, 2.75) is 120 Å². The molecule has 13 nitrogen and oxygen atoms in total. The zero-order valence-corrected chi connectivity index (χ0v) is 61.7. The van der Waals surface area contributed by atoms with E-state index in [0.717, 1.165) is 132 Å². The molecule has 0 aliphatic heterocycles. The maximum Gasteiger partial charge on any atom is 0.417 e. The van der Waals surface area contributed by atoms with Crippen molar-refractivity contribution < 1.29 is 33.6 Å². The highest BCUT2D eigenvalue weighted by molar-refractivity contribution is 7.19. The Morgan fingerprint density at radius 2 is 0.708 bits per heavy atom. The predicted octanol–water partition coefficient (Wildman–Crippen LogP) is 23.1. The van der Waals surface area contributed by atoms with E-state index in [1.54, 1.807) is 75.9 Å². The zero-order valence-electron chi connectivity index (χ0n) is 58.5. The molecule has 2 N–H and O–H groups in total. The molecule has 106 heavy (non-hydrogen) atoms. The van der Waals surface area contributed by atoms with Crippen LogP contribution in [0.5, 0.6) is 34.5 Å². The molecule has 3 aliphatic rings. The SMILES string of the molecule is O=C(Nc1cccnc1)Oc1ccc(OCc2nc3ccccc3s2)cc1C1(c2ccccc2)CCCC1.Oc1ccc(OCc2nc3ccccc3s2)cc1C1(c2ccccc2)CCCC1.c1ccc(C2(c3cc(OCc4nc5ccccc5s4)ccc3OCc3nc4ccccc4s3)CCCC2)cc1. The number of nitrogens with one attached hydrogen (secondary N) is 1. The van der Waals surface area contributed by atoms with E-state index in [2.05, 4.69) is 155 Å². The van der Waals surface area contributed by atoms with E-state index in [9.17, 15) is 9.90 Å².